The van der Waals surface area contributed by atoms with Crippen molar-refractivity contribution in [1.82, 2.24) is 15.2 Å². The molecule has 9 heteroatoms. The molecule has 0 saturated heterocycles. The zero-order chi connectivity index (χ0) is 21.1. The number of thiazole rings is 1. The summed E-state index contributed by atoms with van der Waals surface area (Å²) in [6, 6.07) is 6.86. The molecule has 0 aliphatic rings. The van der Waals surface area contributed by atoms with Crippen LogP contribution in [0.5, 0.6) is 0 Å². The van der Waals surface area contributed by atoms with E-state index >= 15 is 0 Å². The van der Waals surface area contributed by atoms with E-state index in [1.54, 1.807) is 48.8 Å². The fourth-order valence-corrected chi connectivity index (χ4v) is 3.60. The van der Waals surface area contributed by atoms with Crippen LogP contribution in [0.15, 0.2) is 29.6 Å². The fourth-order valence-electron chi connectivity index (χ4n) is 2.62. The summed E-state index contributed by atoms with van der Waals surface area (Å²) in [5.41, 5.74) is 0.872. The summed E-state index contributed by atoms with van der Waals surface area (Å²) in [5, 5.41) is 5.72. The maximum absolute atomic E-state index is 13.0. The Morgan fingerprint density at radius 1 is 1.21 bits per heavy atom. The SMILES string of the molecule is COCCCNC(=O)c1csc(CN(CCCOC)C(=O)c2cccc(Cl)c2)n1. The number of aromatic nitrogens is 1. The Morgan fingerprint density at radius 3 is 2.69 bits per heavy atom. The first-order chi connectivity index (χ1) is 14.0. The number of rotatable bonds is 12. The van der Waals surface area contributed by atoms with E-state index in [9.17, 15) is 9.59 Å². The van der Waals surface area contributed by atoms with Crippen molar-refractivity contribution < 1.29 is 19.1 Å². The van der Waals surface area contributed by atoms with Crippen LogP contribution in [0.3, 0.4) is 0 Å². The Labute approximate surface area is 180 Å². The largest absolute Gasteiger partial charge is 0.385 e. The van der Waals surface area contributed by atoms with Crippen LogP contribution in [0, 0.1) is 0 Å². The number of ether oxygens (including phenoxy) is 2. The molecule has 1 aromatic heterocycles. The van der Waals surface area contributed by atoms with Crippen LogP contribution >= 0.6 is 22.9 Å². The predicted octanol–water partition coefficient (Wildman–Crippen LogP) is 3.24. The monoisotopic (exact) mass is 439 g/mol. The quantitative estimate of drug-likeness (QED) is 0.513. The zero-order valence-corrected chi connectivity index (χ0v) is 18.2. The van der Waals surface area contributed by atoms with Gasteiger partial charge in [0.1, 0.15) is 10.7 Å². The first-order valence-corrected chi connectivity index (χ1v) is 10.6. The number of hydrogen-bond acceptors (Lipinski definition) is 6. The van der Waals surface area contributed by atoms with Crippen LogP contribution in [0.2, 0.25) is 5.02 Å². The number of nitrogens with zero attached hydrogens (tertiary/aromatic N) is 2. The van der Waals surface area contributed by atoms with Crippen LogP contribution < -0.4 is 5.32 Å². The van der Waals surface area contributed by atoms with Crippen LogP contribution in [0.25, 0.3) is 0 Å². The van der Waals surface area contributed by atoms with Crippen LogP contribution in [-0.4, -0.2) is 62.2 Å². The van der Waals surface area contributed by atoms with Crippen LogP contribution in [-0.2, 0) is 16.0 Å². The molecule has 158 valence electrons. The number of halogens is 1. The standard InChI is InChI=1S/C20H26ClN3O4S/c1-27-10-4-8-22-19(25)17-14-29-18(23-17)13-24(9-5-11-28-2)20(26)15-6-3-7-16(21)12-15/h3,6-7,12,14H,4-5,8-11,13H2,1-2H3,(H,22,25). The lowest BCUT2D eigenvalue weighted by atomic mass is 10.2. The van der Waals surface area contributed by atoms with E-state index in [0.29, 0.717) is 60.6 Å². The van der Waals surface area contributed by atoms with Crippen molar-refractivity contribution in [3.63, 3.8) is 0 Å². The number of hydrogen-bond donors (Lipinski definition) is 1. The van der Waals surface area contributed by atoms with Gasteiger partial charge in [-0.3, -0.25) is 9.59 Å². The molecular formula is C20H26ClN3O4S. The Balaban J connectivity index is 2.04. The van der Waals surface area contributed by atoms with E-state index in [1.165, 1.54) is 11.3 Å². The molecule has 2 rings (SSSR count). The van der Waals surface area contributed by atoms with Gasteiger partial charge in [-0.25, -0.2) is 4.98 Å². The Morgan fingerprint density at radius 2 is 1.97 bits per heavy atom. The smallest absolute Gasteiger partial charge is 0.270 e. The highest BCUT2D eigenvalue weighted by atomic mass is 35.5. The average molecular weight is 440 g/mol. The minimum absolute atomic E-state index is 0.135. The summed E-state index contributed by atoms with van der Waals surface area (Å²) in [7, 11) is 3.25. The molecule has 1 N–H and O–H groups in total. The van der Waals surface area contributed by atoms with E-state index in [1.807, 2.05) is 0 Å². The topological polar surface area (TPSA) is 80.8 Å². The van der Waals surface area contributed by atoms with E-state index in [-0.39, 0.29) is 11.8 Å². The van der Waals surface area contributed by atoms with Gasteiger partial charge in [-0.1, -0.05) is 17.7 Å². The van der Waals surface area contributed by atoms with Crippen molar-refractivity contribution >= 4 is 34.8 Å². The molecule has 0 saturated carbocycles. The van der Waals surface area contributed by atoms with Gasteiger partial charge >= 0.3 is 0 Å². The highest BCUT2D eigenvalue weighted by Gasteiger charge is 2.19. The number of carbonyl (C=O) groups excluding carboxylic acids is 2. The maximum Gasteiger partial charge on any atom is 0.270 e. The number of nitrogens with one attached hydrogen (secondary N) is 1. The maximum atomic E-state index is 13.0. The lowest BCUT2D eigenvalue weighted by Gasteiger charge is -2.21. The fraction of sp³-hybridized carbons (Fsp3) is 0.450. The molecule has 0 aliphatic carbocycles. The first kappa shape index (κ1) is 23.3. The highest BCUT2D eigenvalue weighted by molar-refractivity contribution is 7.09. The van der Waals surface area contributed by atoms with Gasteiger partial charge in [-0.15, -0.1) is 11.3 Å². The third-order valence-electron chi connectivity index (χ3n) is 4.06. The molecular weight excluding hydrogens is 414 g/mol. The minimum Gasteiger partial charge on any atom is -0.385 e. The third-order valence-corrected chi connectivity index (χ3v) is 5.13. The Kier molecular flexibility index (Phi) is 10.1. The second kappa shape index (κ2) is 12.5. The summed E-state index contributed by atoms with van der Waals surface area (Å²) >= 11 is 7.38. The summed E-state index contributed by atoms with van der Waals surface area (Å²) in [5.74, 6) is -0.361. The first-order valence-electron chi connectivity index (χ1n) is 9.30. The number of amides is 2. The van der Waals surface area contributed by atoms with E-state index in [0.717, 1.165) is 6.42 Å². The lowest BCUT2D eigenvalue weighted by molar-refractivity contribution is 0.0723. The van der Waals surface area contributed by atoms with Gasteiger partial charge in [-0.2, -0.15) is 0 Å². The minimum atomic E-state index is -0.226. The highest BCUT2D eigenvalue weighted by Crippen LogP contribution is 2.17. The number of benzene rings is 1. The zero-order valence-electron chi connectivity index (χ0n) is 16.7. The van der Waals surface area contributed by atoms with Gasteiger partial charge in [0, 0.05) is 56.5 Å². The van der Waals surface area contributed by atoms with Crippen molar-refractivity contribution in [2.75, 3.05) is 40.5 Å². The summed E-state index contributed by atoms with van der Waals surface area (Å²) in [4.78, 5) is 31.2. The van der Waals surface area contributed by atoms with Gasteiger partial charge in [0.2, 0.25) is 0 Å². The molecule has 1 aromatic carbocycles. The third kappa shape index (κ3) is 7.74. The Hall–Kier alpha value is -2.00. The van der Waals surface area contributed by atoms with Gasteiger partial charge in [0.05, 0.1) is 6.54 Å². The molecule has 0 radical (unpaired) electrons. The molecule has 1 heterocycles. The van der Waals surface area contributed by atoms with Crippen molar-refractivity contribution in [3.05, 3.63) is 50.9 Å². The molecule has 0 spiro atoms. The molecule has 7 nitrogen and oxygen atoms in total. The molecule has 0 aliphatic heterocycles. The lowest BCUT2D eigenvalue weighted by Crippen LogP contribution is -2.32. The molecule has 29 heavy (non-hydrogen) atoms. The van der Waals surface area contributed by atoms with E-state index < -0.39 is 0 Å². The molecule has 2 amide bonds. The van der Waals surface area contributed by atoms with Gasteiger partial charge in [-0.05, 0) is 31.0 Å². The molecule has 0 unspecified atom stereocenters. The molecule has 0 atom stereocenters. The van der Waals surface area contributed by atoms with Crippen LogP contribution in [0.4, 0.5) is 0 Å². The summed E-state index contributed by atoms with van der Waals surface area (Å²) < 4.78 is 10.1. The molecule has 0 bridgehead atoms. The van der Waals surface area contributed by atoms with Gasteiger partial charge < -0.3 is 19.7 Å². The number of carbonyl (C=O) groups is 2. The number of methoxy groups -OCH3 is 2. The van der Waals surface area contributed by atoms with Crippen molar-refractivity contribution in [2.24, 2.45) is 0 Å². The van der Waals surface area contributed by atoms with Crippen molar-refractivity contribution in [2.45, 2.75) is 19.4 Å². The van der Waals surface area contributed by atoms with Gasteiger partial charge in [0.25, 0.3) is 11.8 Å². The normalized spacial score (nSPS) is 10.7. The predicted molar refractivity (Wildman–Crippen MR) is 114 cm³/mol. The van der Waals surface area contributed by atoms with E-state index in [4.69, 9.17) is 21.1 Å². The molecule has 0 fully saturated rings. The van der Waals surface area contributed by atoms with E-state index in [2.05, 4.69) is 10.3 Å². The Bertz CT molecular complexity index is 800. The second-order valence-electron chi connectivity index (χ2n) is 6.31. The van der Waals surface area contributed by atoms with Crippen molar-refractivity contribution in [3.8, 4) is 0 Å². The van der Waals surface area contributed by atoms with Crippen molar-refractivity contribution in [1.29, 1.82) is 0 Å². The average Bonchev–Trinajstić information content (AvgIpc) is 3.18. The van der Waals surface area contributed by atoms with Gasteiger partial charge in [0.15, 0.2) is 0 Å². The second-order valence-corrected chi connectivity index (χ2v) is 7.69. The summed E-state index contributed by atoms with van der Waals surface area (Å²) in [6.07, 6.45) is 1.43. The molecule has 2 aromatic rings. The summed E-state index contributed by atoms with van der Waals surface area (Å²) in [6.45, 7) is 2.49. The van der Waals surface area contributed by atoms with Crippen LogP contribution in [0.1, 0.15) is 38.7 Å².